The summed E-state index contributed by atoms with van der Waals surface area (Å²) in [4.78, 5) is 23.0. The summed E-state index contributed by atoms with van der Waals surface area (Å²) in [7, 11) is 0. The third-order valence-electron chi connectivity index (χ3n) is 7.63. The first-order chi connectivity index (χ1) is 20.1. The molecule has 1 N–H and O–H groups in total. The van der Waals surface area contributed by atoms with E-state index in [0.29, 0.717) is 12.8 Å². The van der Waals surface area contributed by atoms with Gasteiger partial charge < -0.3 is 9.84 Å². The van der Waals surface area contributed by atoms with Gasteiger partial charge in [-0.05, 0) is 64.2 Å². The van der Waals surface area contributed by atoms with E-state index < -0.39 is 5.97 Å². The molecule has 0 amide bonds. The third kappa shape index (κ3) is 32.5. The van der Waals surface area contributed by atoms with Gasteiger partial charge >= 0.3 is 11.9 Å². The zero-order chi connectivity index (χ0) is 30.1. The molecule has 0 aliphatic rings. The molecular formula is C37H66O4. The standard InChI is InChI=1S/C37H66O4/c1-3-5-7-8-9-10-11-12-13-14-15-16-17-18-19-20-24-27-30-34-37(40)41-35(31-6-4-2)32-28-25-22-21-23-26-29-33-36(38)39/h5,7,9-10,12-13,35H,3-4,6,8,11,14-34H2,1-2H3,(H,38,39)/b7-5-,10-9-,13-12-. The van der Waals surface area contributed by atoms with Gasteiger partial charge in [-0.25, -0.2) is 0 Å². The highest BCUT2D eigenvalue weighted by atomic mass is 16.5. The average molecular weight is 575 g/mol. The molecule has 1 atom stereocenters. The van der Waals surface area contributed by atoms with Crippen LogP contribution in [0.5, 0.6) is 0 Å². The molecule has 0 saturated carbocycles. The number of esters is 1. The van der Waals surface area contributed by atoms with E-state index in [2.05, 4.69) is 50.3 Å². The Morgan fingerprint density at radius 2 is 1.02 bits per heavy atom. The topological polar surface area (TPSA) is 63.6 Å². The molecule has 0 aliphatic carbocycles. The van der Waals surface area contributed by atoms with Crippen LogP contribution in [0.1, 0.15) is 181 Å². The second-order valence-corrected chi connectivity index (χ2v) is 11.7. The van der Waals surface area contributed by atoms with Crippen LogP contribution in [0.15, 0.2) is 36.5 Å². The lowest BCUT2D eigenvalue weighted by atomic mass is 10.0. The van der Waals surface area contributed by atoms with Crippen molar-refractivity contribution in [3.05, 3.63) is 36.5 Å². The largest absolute Gasteiger partial charge is 0.481 e. The van der Waals surface area contributed by atoms with Gasteiger partial charge in [-0.1, -0.05) is 140 Å². The lowest BCUT2D eigenvalue weighted by molar-refractivity contribution is -0.150. The van der Waals surface area contributed by atoms with Crippen LogP contribution in [0.25, 0.3) is 0 Å². The van der Waals surface area contributed by atoms with Crippen molar-refractivity contribution in [3.63, 3.8) is 0 Å². The van der Waals surface area contributed by atoms with Gasteiger partial charge in [0.05, 0.1) is 0 Å². The number of carboxylic acids is 1. The molecule has 0 aromatic heterocycles. The van der Waals surface area contributed by atoms with Crippen molar-refractivity contribution in [3.8, 4) is 0 Å². The Morgan fingerprint density at radius 1 is 0.561 bits per heavy atom. The van der Waals surface area contributed by atoms with Crippen LogP contribution in [0.2, 0.25) is 0 Å². The summed E-state index contributed by atoms with van der Waals surface area (Å²) in [6.45, 7) is 4.36. The molecule has 0 saturated heterocycles. The number of aliphatic carboxylic acids is 1. The van der Waals surface area contributed by atoms with Crippen molar-refractivity contribution >= 4 is 11.9 Å². The summed E-state index contributed by atoms with van der Waals surface area (Å²) in [6.07, 6.45) is 42.0. The van der Waals surface area contributed by atoms with Crippen molar-refractivity contribution < 1.29 is 19.4 Å². The second kappa shape index (κ2) is 32.7. The number of rotatable bonds is 31. The van der Waals surface area contributed by atoms with Crippen molar-refractivity contribution in [2.45, 2.75) is 187 Å². The predicted molar refractivity (Wildman–Crippen MR) is 176 cm³/mol. The summed E-state index contributed by atoms with van der Waals surface area (Å²) in [5.41, 5.74) is 0. The Kier molecular flexibility index (Phi) is 31.2. The van der Waals surface area contributed by atoms with E-state index in [4.69, 9.17) is 9.84 Å². The van der Waals surface area contributed by atoms with Crippen LogP contribution >= 0.6 is 0 Å². The second-order valence-electron chi connectivity index (χ2n) is 11.7. The molecule has 0 aliphatic heterocycles. The third-order valence-corrected chi connectivity index (χ3v) is 7.63. The van der Waals surface area contributed by atoms with Gasteiger partial charge in [0, 0.05) is 12.8 Å². The van der Waals surface area contributed by atoms with Gasteiger partial charge in [0.25, 0.3) is 0 Å². The molecule has 0 aromatic carbocycles. The molecule has 0 heterocycles. The maximum atomic E-state index is 12.4. The van der Waals surface area contributed by atoms with E-state index in [1.54, 1.807) is 0 Å². The number of hydrogen-bond donors (Lipinski definition) is 1. The zero-order valence-electron chi connectivity index (χ0n) is 27.1. The monoisotopic (exact) mass is 574 g/mol. The van der Waals surface area contributed by atoms with E-state index in [0.717, 1.165) is 83.5 Å². The molecule has 238 valence electrons. The average Bonchev–Trinajstić information content (AvgIpc) is 2.95. The van der Waals surface area contributed by atoms with E-state index >= 15 is 0 Å². The van der Waals surface area contributed by atoms with Crippen LogP contribution in [0, 0.1) is 0 Å². The Morgan fingerprint density at radius 3 is 1.59 bits per heavy atom. The molecule has 4 heteroatoms. The number of unbranched alkanes of at least 4 members (excludes halogenated alkanes) is 16. The number of ether oxygens (including phenoxy) is 1. The minimum absolute atomic E-state index is 0.00117. The molecular weight excluding hydrogens is 508 g/mol. The normalized spacial score (nSPS) is 12.6. The summed E-state index contributed by atoms with van der Waals surface area (Å²) in [5.74, 6) is -0.692. The van der Waals surface area contributed by atoms with Crippen LogP contribution in [0.4, 0.5) is 0 Å². The summed E-state index contributed by atoms with van der Waals surface area (Å²) in [6, 6.07) is 0. The van der Waals surface area contributed by atoms with Crippen LogP contribution < -0.4 is 0 Å². The van der Waals surface area contributed by atoms with Gasteiger partial charge in [-0.15, -0.1) is 0 Å². The fraction of sp³-hybridized carbons (Fsp3) is 0.784. The predicted octanol–water partition coefficient (Wildman–Crippen LogP) is 11.8. The minimum atomic E-state index is -0.691. The molecule has 1 unspecified atom stereocenters. The molecule has 0 aromatic rings. The van der Waals surface area contributed by atoms with Gasteiger partial charge in [-0.2, -0.15) is 0 Å². The van der Waals surface area contributed by atoms with E-state index in [-0.39, 0.29) is 12.1 Å². The van der Waals surface area contributed by atoms with E-state index in [9.17, 15) is 9.59 Å². The quantitative estimate of drug-likeness (QED) is 0.0508. The van der Waals surface area contributed by atoms with Gasteiger partial charge in [-0.3, -0.25) is 9.59 Å². The number of hydrogen-bond acceptors (Lipinski definition) is 3. The first-order valence-electron chi connectivity index (χ1n) is 17.5. The number of carbonyl (C=O) groups excluding carboxylic acids is 1. The molecule has 4 nitrogen and oxygen atoms in total. The number of carbonyl (C=O) groups is 2. The van der Waals surface area contributed by atoms with Crippen LogP contribution in [0.3, 0.4) is 0 Å². The smallest absolute Gasteiger partial charge is 0.306 e. The first-order valence-corrected chi connectivity index (χ1v) is 17.5. The van der Waals surface area contributed by atoms with E-state index in [1.165, 1.54) is 70.6 Å². The summed E-state index contributed by atoms with van der Waals surface area (Å²) < 4.78 is 5.87. The van der Waals surface area contributed by atoms with Crippen molar-refractivity contribution in [2.24, 2.45) is 0 Å². The molecule has 0 bridgehead atoms. The number of carboxylic acid groups (broad SMARTS) is 1. The lowest BCUT2D eigenvalue weighted by Crippen LogP contribution is -2.18. The highest BCUT2D eigenvalue weighted by molar-refractivity contribution is 5.69. The Labute approximate surface area is 254 Å². The van der Waals surface area contributed by atoms with Gasteiger partial charge in [0.2, 0.25) is 0 Å². The highest BCUT2D eigenvalue weighted by Crippen LogP contribution is 2.17. The highest BCUT2D eigenvalue weighted by Gasteiger charge is 2.13. The Bertz CT molecular complexity index is 664. The lowest BCUT2D eigenvalue weighted by Gasteiger charge is -2.18. The maximum Gasteiger partial charge on any atom is 0.306 e. The van der Waals surface area contributed by atoms with Crippen molar-refractivity contribution in [1.82, 2.24) is 0 Å². The van der Waals surface area contributed by atoms with Crippen LogP contribution in [-0.4, -0.2) is 23.1 Å². The van der Waals surface area contributed by atoms with Gasteiger partial charge in [0.1, 0.15) is 6.10 Å². The van der Waals surface area contributed by atoms with E-state index in [1.807, 2.05) is 0 Å². The molecule has 0 fully saturated rings. The molecule has 41 heavy (non-hydrogen) atoms. The summed E-state index contributed by atoms with van der Waals surface area (Å²) >= 11 is 0. The number of allylic oxidation sites excluding steroid dienone is 6. The fourth-order valence-corrected chi connectivity index (χ4v) is 5.07. The fourth-order valence-electron chi connectivity index (χ4n) is 5.07. The van der Waals surface area contributed by atoms with Crippen molar-refractivity contribution in [2.75, 3.05) is 0 Å². The minimum Gasteiger partial charge on any atom is -0.481 e. The molecule has 0 rings (SSSR count). The van der Waals surface area contributed by atoms with Gasteiger partial charge in [0.15, 0.2) is 0 Å². The Balaban J connectivity index is 3.64. The molecule has 0 spiro atoms. The van der Waals surface area contributed by atoms with Crippen molar-refractivity contribution in [1.29, 1.82) is 0 Å². The first kappa shape index (κ1) is 39.2. The van der Waals surface area contributed by atoms with Crippen LogP contribution in [-0.2, 0) is 14.3 Å². The SMILES string of the molecule is CC/C=C\C/C=C\C/C=C\CCCCCCCCCCCC(=O)OC(CCCC)CCCCCCCCCC(=O)O. The zero-order valence-corrected chi connectivity index (χ0v) is 27.1. The maximum absolute atomic E-state index is 12.4. The Hall–Kier alpha value is -1.84. The summed E-state index contributed by atoms with van der Waals surface area (Å²) in [5, 5.41) is 8.69. The molecule has 0 radical (unpaired) electrons.